The normalized spacial score (nSPS) is 14.1. The number of aliphatic hydroxyl groups is 3. The maximum atomic E-state index is 12.1. The molecule has 0 fully saturated rings. The van der Waals surface area contributed by atoms with Crippen molar-refractivity contribution in [2.45, 2.75) is 109 Å². The van der Waals surface area contributed by atoms with E-state index >= 15 is 0 Å². The Morgan fingerprint density at radius 3 is 1.87 bits per heavy atom. The monoisotopic (exact) mass is 436 g/mol. The van der Waals surface area contributed by atoms with Gasteiger partial charge in [-0.2, -0.15) is 0 Å². The van der Waals surface area contributed by atoms with Crippen LogP contribution in [0.2, 0.25) is 0 Å². The summed E-state index contributed by atoms with van der Waals surface area (Å²) in [5, 5.41) is 35.3. The van der Waals surface area contributed by atoms with Gasteiger partial charge in [-0.15, -0.1) is 0 Å². The van der Waals surface area contributed by atoms with Gasteiger partial charge in [-0.1, -0.05) is 102 Å². The number of nitrogens with one attached hydrogen (secondary N) is 2. The van der Waals surface area contributed by atoms with Crippen LogP contribution in [0.3, 0.4) is 0 Å². The molecule has 2 amide bonds. The van der Waals surface area contributed by atoms with Crippen molar-refractivity contribution in [1.29, 1.82) is 0 Å². The van der Waals surface area contributed by atoms with Crippen molar-refractivity contribution < 1.29 is 20.1 Å². The number of unbranched alkanes of at least 4 members (excludes halogenated alkanes) is 11. The molecule has 3 atom stereocenters. The maximum Gasteiger partial charge on any atom is 0.319 e. The molecular formula is C25H44N2O4. The number of para-hydroxylation sites is 1. The molecule has 0 aliphatic heterocycles. The SMILES string of the molecule is CCCCCCCCCCCCCC[C@@H](O)[C@@H](O)[C@H](CO)NC(=O)Nc1ccccc1. The Morgan fingerprint density at radius 1 is 0.839 bits per heavy atom. The van der Waals surface area contributed by atoms with Crippen molar-refractivity contribution in [3.8, 4) is 0 Å². The first-order valence-corrected chi connectivity index (χ1v) is 12.2. The molecule has 178 valence electrons. The van der Waals surface area contributed by atoms with Crippen LogP contribution in [0.4, 0.5) is 10.5 Å². The molecular weight excluding hydrogens is 392 g/mol. The number of benzene rings is 1. The number of hydrogen-bond donors (Lipinski definition) is 5. The maximum absolute atomic E-state index is 12.1. The quantitative estimate of drug-likeness (QED) is 0.209. The molecule has 0 heterocycles. The number of aliphatic hydroxyl groups excluding tert-OH is 3. The summed E-state index contributed by atoms with van der Waals surface area (Å²) in [6.07, 6.45) is 13.1. The summed E-state index contributed by atoms with van der Waals surface area (Å²) in [5.74, 6) is 0. The molecule has 0 bridgehead atoms. The predicted molar refractivity (Wildman–Crippen MR) is 127 cm³/mol. The highest BCUT2D eigenvalue weighted by atomic mass is 16.3. The molecule has 6 heteroatoms. The zero-order chi connectivity index (χ0) is 22.7. The van der Waals surface area contributed by atoms with Crippen LogP contribution in [-0.2, 0) is 0 Å². The average Bonchev–Trinajstić information content (AvgIpc) is 2.78. The molecule has 0 aliphatic carbocycles. The zero-order valence-corrected chi connectivity index (χ0v) is 19.3. The molecule has 0 aliphatic rings. The zero-order valence-electron chi connectivity index (χ0n) is 19.3. The van der Waals surface area contributed by atoms with Crippen LogP contribution in [0.5, 0.6) is 0 Å². The van der Waals surface area contributed by atoms with Crippen LogP contribution in [0.15, 0.2) is 30.3 Å². The molecule has 6 nitrogen and oxygen atoms in total. The second-order valence-corrected chi connectivity index (χ2v) is 8.49. The lowest BCUT2D eigenvalue weighted by molar-refractivity contribution is -0.0179. The number of carbonyl (C=O) groups is 1. The van der Waals surface area contributed by atoms with E-state index in [1.807, 2.05) is 6.07 Å². The van der Waals surface area contributed by atoms with Gasteiger partial charge in [0.05, 0.1) is 18.8 Å². The first-order chi connectivity index (χ1) is 15.1. The van der Waals surface area contributed by atoms with Crippen molar-refractivity contribution in [1.82, 2.24) is 5.32 Å². The van der Waals surface area contributed by atoms with E-state index in [0.717, 1.165) is 19.3 Å². The molecule has 31 heavy (non-hydrogen) atoms. The Morgan fingerprint density at radius 2 is 1.35 bits per heavy atom. The molecule has 1 aromatic rings. The number of carbonyl (C=O) groups excluding carboxylic acids is 1. The lowest BCUT2D eigenvalue weighted by atomic mass is 9.99. The van der Waals surface area contributed by atoms with Gasteiger partial charge in [-0.05, 0) is 18.6 Å². The number of rotatable bonds is 18. The minimum Gasteiger partial charge on any atom is -0.394 e. The first kappa shape index (κ1) is 27.4. The summed E-state index contributed by atoms with van der Waals surface area (Å²) in [6, 6.07) is 7.48. The first-order valence-electron chi connectivity index (χ1n) is 12.2. The van der Waals surface area contributed by atoms with E-state index in [1.165, 1.54) is 57.8 Å². The van der Waals surface area contributed by atoms with Gasteiger partial charge in [0, 0.05) is 5.69 Å². The Kier molecular flexibility index (Phi) is 15.9. The van der Waals surface area contributed by atoms with Gasteiger partial charge in [-0.3, -0.25) is 0 Å². The highest BCUT2D eigenvalue weighted by molar-refractivity contribution is 5.89. The van der Waals surface area contributed by atoms with E-state index in [0.29, 0.717) is 12.1 Å². The van der Waals surface area contributed by atoms with Crippen LogP contribution in [0.25, 0.3) is 0 Å². The third kappa shape index (κ3) is 13.4. The molecule has 0 radical (unpaired) electrons. The predicted octanol–water partition coefficient (Wildman–Crippen LogP) is 4.98. The third-order valence-electron chi connectivity index (χ3n) is 5.70. The Bertz CT molecular complexity index is 556. The lowest BCUT2D eigenvalue weighted by Crippen LogP contribution is -2.51. The van der Waals surface area contributed by atoms with Gasteiger partial charge in [-0.25, -0.2) is 4.79 Å². The summed E-state index contributed by atoms with van der Waals surface area (Å²) in [7, 11) is 0. The smallest absolute Gasteiger partial charge is 0.319 e. The molecule has 1 aromatic carbocycles. The van der Waals surface area contributed by atoms with Crippen molar-refractivity contribution in [3.05, 3.63) is 30.3 Å². The van der Waals surface area contributed by atoms with Crippen LogP contribution in [0.1, 0.15) is 90.4 Å². The summed E-state index contributed by atoms with van der Waals surface area (Å²) in [6.45, 7) is 1.80. The van der Waals surface area contributed by atoms with Crippen molar-refractivity contribution in [2.75, 3.05) is 11.9 Å². The standard InChI is InChI=1S/C25H44N2O4/c1-2-3-4-5-6-7-8-9-10-11-12-16-19-23(29)24(30)22(20-28)27-25(31)26-21-17-14-13-15-18-21/h13-15,17-18,22-24,28-30H,2-12,16,19-20H2,1H3,(H2,26,27,31)/t22-,23+,24-/m0/s1. The fourth-order valence-electron chi connectivity index (χ4n) is 3.73. The van der Waals surface area contributed by atoms with Gasteiger partial charge >= 0.3 is 6.03 Å². The molecule has 1 rings (SSSR count). The topological polar surface area (TPSA) is 102 Å². The lowest BCUT2D eigenvalue weighted by Gasteiger charge is -2.26. The van der Waals surface area contributed by atoms with Gasteiger partial charge in [0.1, 0.15) is 6.10 Å². The Labute approximate surface area is 188 Å². The number of urea groups is 1. The van der Waals surface area contributed by atoms with Crippen LogP contribution < -0.4 is 10.6 Å². The highest BCUT2D eigenvalue weighted by Gasteiger charge is 2.27. The second-order valence-electron chi connectivity index (χ2n) is 8.49. The number of hydrogen-bond acceptors (Lipinski definition) is 4. The summed E-state index contributed by atoms with van der Waals surface area (Å²) >= 11 is 0. The van der Waals surface area contributed by atoms with E-state index in [1.54, 1.807) is 24.3 Å². The summed E-state index contributed by atoms with van der Waals surface area (Å²) < 4.78 is 0. The number of amides is 2. The second kappa shape index (κ2) is 18.0. The number of anilines is 1. The fourth-order valence-corrected chi connectivity index (χ4v) is 3.73. The van der Waals surface area contributed by atoms with E-state index in [4.69, 9.17) is 0 Å². The third-order valence-corrected chi connectivity index (χ3v) is 5.70. The fraction of sp³-hybridized carbons (Fsp3) is 0.720. The average molecular weight is 437 g/mol. The van der Waals surface area contributed by atoms with Crippen molar-refractivity contribution in [3.63, 3.8) is 0 Å². The van der Waals surface area contributed by atoms with E-state index in [2.05, 4.69) is 17.6 Å². The molecule has 0 saturated carbocycles. The largest absolute Gasteiger partial charge is 0.394 e. The molecule has 0 aromatic heterocycles. The van der Waals surface area contributed by atoms with Crippen LogP contribution in [-0.4, -0.2) is 46.2 Å². The minimum atomic E-state index is -1.21. The minimum absolute atomic E-state index is 0.446. The molecule has 0 spiro atoms. The van der Waals surface area contributed by atoms with Gasteiger partial charge in [0.25, 0.3) is 0 Å². The molecule has 0 saturated heterocycles. The summed E-state index contributed by atoms with van der Waals surface area (Å²) in [4.78, 5) is 12.1. The van der Waals surface area contributed by atoms with Gasteiger partial charge < -0.3 is 26.0 Å². The van der Waals surface area contributed by atoms with Gasteiger partial charge in [0.2, 0.25) is 0 Å². The van der Waals surface area contributed by atoms with Crippen LogP contribution >= 0.6 is 0 Å². The summed E-state index contributed by atoms with van der Waals surface area (Å²) in [5.41, 5.74) is 0.614. The van der Waals surface area contributed by atoms with Crippen molar-refractivity contribution >= 4 is 11.7 Å². The van der Waals surface area contributed by atoms with E-state index < -0.39 is 30.9 Å². The van der Waals surface area contributed by atoms with Crippen molar-refractivity contribution in [2.24, 2.45) is 0 Å². The molecule has 0 unspecified atom stereocenters. The van der Waals surface area contributed by atoms with E-state index in [9.17, 15) is 20.1 Å². The Hall–Kier alpha value is -1.63. The van der Waals surface area contributed by atoms with E-state index in [-0.39, 0.29) is 0 Å². The Balaban J connectivity index is 2.11. The highest BCUT2D eigenvalue weighted by Crippen LogP contribution is 2.14. The molecule has 5 N–H and O–H groups in total. The van der Waals surface area contributed by atoms with Crippen LogP contribution in [0, 0.1) is 0 Å². The van der Waals surface area contributed by atoms with Gasteiger partial charge in [0.15, 0.2) is 0 Å².